The largest absolute Gasteiger partial charge is 0.495 e. The van der Waals surface area contributed by atoms with Gasteiger partial charge in [-0.15, -0.1) is 0 Å². The molecule has 0 saturated heterocycles. The Bertz CT molecular complexity index is 660. The number of hydrogen-bond donors (Lipinski definition) is 2. The fraction of sp³-hybridized carbons (Fsp3) is 0.0714. The molecule has 20 heavy (non-hydrogen) atoms. The van der Waals surface area contributed by atoms with Gasteiger partial charge in [0.25, 0.3) is 5.91 Å². The van der Waals surface area contributed by atoms with Crippen LogP contribution in [0.15, 0.2) is 36.4 Å². The van der Waals surface area contributed by atoms with E-state index in [4.69, 9.17) is 10.5 Å². The van der Waals surface area contributed by atoms with Gasteiger partial charge in [0.05, 0.1) is 18.5 Å². The normalized spacial score (nSPS) is 10.2. The number of ether oxygens (including phenoxy) is 1. The van der Waals surface area contributed by atoms with Crippen LogP contribution in [0.3, 0.4) is 0 Å². The van der Waals surface area contributed by atoms with E-state index in [9.17, 15) is 13.6 Å². The zero-order valence-electron chi connectivity index (χ0n) is 10.6. The fourth-order valence-corrected chi connectivity index (χ4v) is 1.64. The SMILES string of the molecule is COc1cc(C(=O)Nc2cc(F)ccc2F)ccc1N. The van der Waals surface area contributed by atoms with Crippen LogP contribution in [-0.2, 0) is 0 Å². The number of methoxy groups -OCH3 is 1. The minimum Gasteiger partial charge on any atom is -0.495 e. The van der Waals surface area contributed by atoms with E-state index in [2.05, 4.69) is 5.32 Å². The first-order valence-electron chi connectivity index (χ1n) is 5.71. The third kappa shape index (κ3) is 2.85. The molecule has 3 N–H and O–H groups in total. The highest BCUT2D eigenvalue weighted by Gasteiger charge is 2.12. The van der Waals surface area contributed by atoms with Crippen LogP contribution < -0.4 is 15.8 Å². The molecule has 104 valence electrons. The number of carbonyl (C=O) groups is 1. The molecule has 4 nitrogen and oxygen atoms in total. The quantitative estimate of drug-likeness (QED) is 0.848. The lowest BCUT2D eigenvalue weighted by atomic mass is 10.1. The summed E-state index contributed by atoms with van der Waals surface area (Å²) in [6.07, 6.45) is 0. The Labute approximate surface area is 114 Å². The lowest BCUT2D eigenvalue weighted by molar-refractivity contribution is 0.102. The summed E-state index contributed by atoms with van der Waals surface area (Å²) < 4.78 is 31.4. The Morgan fingerprint density at radius 3 is 2.65 bits per heavy atom. The Kier molecular flexibility index (Phi) is 3.84. The van der Waals surface area contributed by atoms with E-state index in [1.807, 2.05) is 0 Å². The van der Waals surface area contributed by atoms with Gasteiger partial charge in [0, 0.05) is 11.6 Å². The van der Waals surface area contributed by atoms with Gasteiger partial charge in [0.2, 0.25) is 0 Å². The molecule has 1 amide bonds. The summed E-state index contributed by atoms with van der Waals surface area (Å²) >= 11 is 0. The number of halogens is 2. The second-order valence-corrected chi connectivity index (χ2v) is 4.04. The first-order chi connectivity index (χ1) is 9.51. The van der Waals surface area contributed by atoms with Gasteiger partial charge in [-0.05, 0) is 30.3 Å². The van der Waals surface area contributed by atoms with Crippen molar-refractivity contribution in [1.82, 2.24) is 0 Å². The van der Waals surface area contributed by atoms with Crippen molar-refractivity contribution in [2.45, 2.75) is 0 Å². The third-order valence-corrected chi connectivity index (χ3v) is 2.67. The van der Waals surface area contributed by atoms with Crippen molar-refractivity contribution < 1.29 is 18.3 Å². The number of nitrogens with one attached hydrogen (secondary N) is 1. The van der Waals surface area contributed by atoms with Crippen molar-refractivity contribution in [3.05, 3.63) is 53.6 Å². The zero-order valence-corrected chi connectivity index (χ0v) is 10.6. The molecule has 0 atom stereocenters. The van der Waals surface area contributed by atoms with Crippen LogP contribution in [0.1, 0.15) is 10.4 Å². The number of nitrogen functional groups attached to an aromatic ring is 1. The summed E-state index contributed by atoms with van der Waals surface area (Å²) in [6, 6.07) is 7.19. The van der Waals surface area contributed by atoms with E-state index in [-0.39, 0.29) is 11.3 Å². The number of carbonyl (C=O) groups excluding carboxylic acids is 1. The molecule has 0 bridgehead atoms. The minimum absolute atomic E-state index is 0.222. The number of hydrogen-bond acceptors (Lipinski definition) is 3. The van der Waals surface area contributed by atoms with E-state index < -0.39 is 17.5 Å². The van der Waals surface area contributed by atoms with Crippen molar-refractivity contribution in [2.24, 2.45) is 0 Å². The first kappa shape index (κ1) is 13.8. The van der Waals surface area contributed by atoms with Gasteiger partial charge in [-0.2, -0.15) is 0 Å². The molecule has 0 aliphatic rings. The maximum atomic E-state index is 13.4. The monoisotopic (exact) mass is 278 g/mol. The maximum absolute atomic E-state index is 13.4. The number of benzene rings is 2. The molecule has 0 fully saturated rings. The number of nitrogens with two attached hydrogens (primary N) is 1. The molecule has 2 aromatic carbocycles. The second-order valence-electron chi connectivity index (χ2n) is 4.04. The summed E-state index contributed by atoms with van der Waals surface area (Å²) in [6.45, 7) is 0. The van der Waals surface area contributed by atoms with E-state index in [1.54, 1.807) is 0 Å². The highest BCUT2D eigenvalue weighted by Crippen LogP contribution is 2.23. The van der Waals surface area contributed by atoms with Crippen LogP contribution in [0.4, 0.5) is 20.2 Å². The molecule has 0 heterocycles. The number of anilines is 2. The molecule has 0 radical (unpaired) electrons. The Hall–Kier alpha value is -2.63. The number of amides is 1. The molecule has 0 aliphatic carbocycles. The van der Waals surface area contributed by atoms with Crippen molar-refractivity contribution in [2.75, 3.05) is 18.2 Å². The first-order valence-corrected chi connectivity index (χ1v) is 5.71. The van der Waals surface area contributed by atoms with Crippen LogP contribution in [0.25, 0.3) is 0 Å². The highest BCUT2D eigenvalue weighted by molar-refractivity contribution is 6.04. The van der Waals surface area contributed by atoms with Gasteiger partial charge in [0.1, 0.15) is 17.4 Å². The number of rotatable bonds is 3. The second kappa shape index (κ2) is 5.56. The molecule has 2 rings (SSSR count). The van der Waals surface area contributed by atoms with Crippen molar-refractivity contribution >= 4 is 17.3 Å². The van der Waals surface area contributed by atoms with E-state index in [1.165, 1.54) is 25.3 Å². The molecule has 0 aromatic heterocycles. The van der Waals surface area contributed by atoms with Crippen molar-refractivity contribution in [3.8, 4) is 5.75 Å². The molecule has 0 aliphatic heterocycles. The third-order valence-electron chi connectivity index (χ3n) is 2.67. The van der Waals surface area contributed by atoms with Gasteiger partial charge in [-0.1, -0.05) is 0 Å². The van der Waals surface area contributed by atoms with Crippen LogP contribution in [0.2, 0.25) is 0 Å². The van der Waals surface area contributed by atoms with Gasteiger partial charge < -0.3 is 15.8 Å². The molecule has 0 spiro atoms. The minimum atomic E-state index is -0.720. The molecular weight excluding hydrogens is 266 g/mol. The van der Waals surface area contributed by atoms with Gasteiger partial charge in [0.15, 0.2) is 0 Å². The van der Waals surface area contributed by atoms with Crippen LogP contribution in [-0.4, -0.2) is 13.0 Å². The molecule has 6 heteroatoms. The Morgan fingerprint density at radius 2 is 1.95 bits per heavy atom. The van der Waals surface area contributed by atoms with Crippen molar-refractivity contribution in [1.29, 1.82) is 0 Å². The average molecular weight is 278 g/mol. The summed E-state index contributed by atoms with van der Waals surface area (Å²) in [5.74, 6) is -1.62. The molecular formula is C14H12F2N2O2. The zero-order chi connectivity index (χ0) is 14.7. The Balaban J connectivity index is 2.26. The molecule has 2 aromatic rings. The van der Waals surface area contributed by atoms with Crippen LogP contribution in [0, 0.1) is 11.6 Å². The summed E-state index contributed by atoms with van der Waals surface area (Å²) in [5.41, 5.74) is 6.00. The van der Waals surface area contributed by atoms with Crippen molar-refractivity contribution in [3.63, 3.8) is 0 Å². The summed E-state index contributed by atoms with van der Waals surface area (Å²) in [5, 5.41) is 2.29. The predicted molar refractivity (Wildman–Crippen MR) is 71.7 cm³/mol. The smallest absolute Gasteiger partial charge is 0.255 e. The molecule has 0 unspecified atom stereocenters. The standard InChI is InChI=1S/C14H12F2N2O2/c1-20-13-6-8(2-5-11(13)17)14(19)18-12-7-9(15)3-4-10(12)16/h2-7H,17H2,1H3,(H,18,19). The van der Waals surface area contributed by atoms with E-state index in [0.29, 0.717) is 11.4 Å². The van der Waals surface area contributed by atoms with E-state index in [0.717, 1.165) is 18.2 Å². The summed E-state index contributed by atoms with van der Waals surface area (Å²) in [7, 11) is 1.42. The van der Waals surface area contributed by atoms with Gasteiger partial charge in [-0.25, -0.2) is 8.78 Å². The van der Waals surface area contributed by atoms with Crippen LogP contribution >= 0.6 is 0 Å². The lowest BCUT2D eigenvalue weighted by Crippen LogP contribution is -2.13. The van der Waals surface area contributed by atoms with Gasteiger partial charge >= 0.3 is 0 Å². The Morgan fingerprint density at radius 1 is 1.20 bits per heavy atom. The van der Waals surface area contributed by atoms with E-state index >= 15 is 0 Å². The topological polar surface area (TPSA) is 64.3 Å². The predicted octanol–water partition coefficient (Wildman–Crippen LogP) is 2.81. The lowest BCUT2D eigenvalue weighted by Gasteiger charge is -2.09. The molecule has 0 saturated carbocycles. The average Bonchev–Trinajstić information content (AvgIpc) is 2.43. The fourth-order valence-electron chi connectivity index (χ4n) is 1.64. The van der Waals surface area contributed by atoms with Gasteiger partial charge in [-0.3, -0.25) is 4.79 Å². The summed E-state index contributed by atoms with van der Waals surface area (Å²) in [4.78, 5) is 12.0. The van der Waals surface area contributed by atoms with Crippen LogP contribution in [0.5, 0.6) is 5.75 Å². The maximum Gasteiger partial charge on any atom is 0.255 e. The highest BCUT2D eigenvalue weighted by atomic mass is 19.1.